The molecule has 112 valence electrons. The SMILES string of the molecule is CC.CCN1CCC(N2CC3(CN(C)C3)C2)C[C@H]1C. The highest BCUT2D eigenvalue weighted by molar-refractivity contribution is 5.06. The average molecular weight is 267 g/mol. The summed E-state index contributed by atoms with van der Waals surface area (Å²) in [7, 11) is 2.25. The van der Waals surface area contributed by atoms with Crippen molar-refractivity contribution < 1.29 is 0 Å². The van der Waals surface area contributed by atoms with E-state index in [0.717, 1.165) is 12.1 Å². The van der Waals surface area contributed by atoms with Crippen molar-refractivity contribution in [2.75, 3.05) is 46.3 Å². The van der Waals surface area contributed by atoms with Crippen LogP contribution in [-0.4, -0.2) is 73.1 Å². The summed E-state index contributed by atoms with van der Waals surface area (Å²) in [6.45, 7) is 16.7. The van der Waals surface area contributed by atoms with Crippen molar-refractivity contribution >= 4 is 0 Å². The van der Waals surface area contributed by atoms with Gasteiger partial charge in [-0.15, -0.1) is 0 Å². The van der Waals surface area contributed by atoms with Crippen LogP contribution < -0.4 is 0 Å². The summed E-state index contributed by atoms with van der Waals surface area (Å²) in [6.07, 6.45) is 2.78. The van der Waals surface area contributed by atoms with E-state index in [4.69, 9.17) is 0 Å². The molecular formula is C16H33N3. The van der Waals surface area contributed by atoms with E-state index in [-0.39, 0.29) is 0 Å². The van der Waals surface area contributed by atoms with Gasteiger partial charge < -0.3 is 9.80 Å². The normalized spacial score (nSPS) is 35.2. The molecule has 2 atom stereocenters. The van der Waals surface area contributed by atoms with E-state index in [0.29, 0.717) is 5.41 Å². The lowest BCUT2D eigenvalue weighted by Gasteiger charge is -2.62. The van der Waals surface area contributed by atoms with Gasteiger partial charge in [0.1, 0.15) is 0 Å². The van der Waals surface area contributed by atoms with Crippen molar-refractivity contribution in [3.63, 3.8) is 0 Å². The molecule has 0 saturated carbocycles. The highest BCUT2D eigenvalue weighted by Crippen LogP contribution is 2.41. The van der Waals surface area contributed by atoms with Gasteiger partial charge >= 0.3 is 0 Å². The molecule has 0 aromatic rings. The largest absolute Gasteiger partial charge is 0.305 e. The van der Waals surface area contributed by atoms with Gasteiger partial charge in [-0.2, -0.15) is 0 Å². The second-order valence-corrected chi connectivity index (χ2v) is 6.73. The fourth-order valence-corrected chi connectivity index (χ4v) is 4.37. The van der Waals surface area contributed by atoms with Crippen molar-refractivity contribution in [2.24, 2.45) is 5.41 Å². The Hall–Kier alpha value is -0.120. The van der Waals surface area contributed by atoms with Gasteiger partial charge in [-0.05, 0) is 39.9 Å². The van der Waals surface area contributed by atoms with Gasteiger partial charge in [0.15, 0.2) is 0 Å². The first-order valence-corrected chi connectivity index (χ1v) is 8.28. The molecule has 1 unspecified atom stereocenters. The molecule has 19 heavy (non-hydrogen) atoms. The number of nitrogens with zero attached hydrogens (tertiary/aromatic N) is 3. The van der Waals surface area contributed by atoms with E-state index in [9.17, 15) is 0 Å². The Morgan fingerprint density at radius 1 is 1.11 bits per heavy atom. The Balaban J connectivity index is 0.000000637. The molecule has 3 fully saturated rings. The molecule has 3 nitrogen and oxygen atoms in total. The summed E-state index contributed by atoms with van der Waals surface area (Å²) in [5, 5.41) is 0. The second-order valence-electron chi connectivity index (χ2n) is 6.73. The summed E-state index contributed by atoms with van der Waals surface area (Å²) < 4.78 is 0. The van der Waals surface area contributed by atoms with Gasteiger partial charge in [-0.25, -0.2) is 0 Å². The van der Waals surface area contributed by atoms with Gasteiger partial charge in [0.2, 0.25) is 0 Å². The Morgan fingerprint density at radius 2 is 1.74 bits per heavy atom. The lowest BCUT2D eigenvalue weighted by atomic mass is 9.71. The van der Waals surface area contributed by atoms with Crippen LogP contribution in [0.4, 0.5) is 0 Å². The van der Waals surface area contributed by atoms with Crippen LogP contribution in [-0.2, 0) is 0 Å². The van der Waals surface area contributed by atoms with E-state index >= 15 is 0 Å². The molecule has 0 aromatic heterocycles. The number of hydrogen-bond donors (Lipinski definition) is 0. The van der Waals surface area contributed by atoms with Gasteiger partial charge in [0.25, 0.3) is 0 Å². The van der Waals surface area contributed by atoms with Crippen molar-refractivity contribution in [3.05, 3.63) is 0 Å². The number of rotatable bonds is 2. The molecule has 3 heteroatoms. The maximum atomic E-state index is 2.76. The second kappa shape index (κ2) is 6.11. The fraction of sp³-hybridized carbons (Fsp3) is 1.00. The maximum Gasteiger partial charge on any atom is 0.0212 e. The molecule has 0 aromatic carbocycles. The van der Waals surface area contributed by atoms with Crippen LogP contribution in [0.25, 0.3) is 0 Å². The molecule has 3 rings (SSSR count). The third kappa shape index (κ3) is 2.98. The first kappa shape index (κ1) is 15.3. The van der Waals surface area contributed by atoms with Crippen molar-refractivity contribution in [3.8, 4) is 0 Å². The monoisotopic (exact) mass is 267 g/mol. The predicted molar refractivity (Wildman–Crippen MR) is 82.6 cm³/mol. The Morgan fingerprint density at radius 3 is 2.21 bits per heavy atom. The summed E-state index contributed by atoms with van der Waals surface area (Å²) in [5.41, 5.74) is 0.708. The minimum absolute atomic E-state index is 0.708. The number of likely N-dealkylation sites (tertiary alicyclic amines) is 3. The van der Waals surface area contributed by atoms with Crippen LogP contribution in [0.1, 0.15) is 40.5 Å². The molecule has 1 spiro atoms. The van der Waals surface area contributed by atoms with Crippen LogP contribution in [0.15, 0.2) is 0 Å². The topological polar surface area (TPSA) is 9.72 Å². The summed E-state index contributed by atoms with van der Waals surface area (Å²) >= 11 is 0. The Bertz CT molecular complexity index is 278. The molecule has 0 N–H and O–H groups in total. The zero-order chi connectivity index (χ0) is 14.0. The molecule has 0 radical (unpaired) electrons. The Kier molecular flexibility index (Phi) is 4.91. The molecule has 0 bridgehead atoms. The Labute approximate surface area is 119 Å². The number of piperidine rings is 1. The zero-order valence-corrected chi connectivity index (χ0v) is 13.7. The van der Waals surface area contributed by atoms with Crippen LogP contribution in [0.5, 0.6) is 0 Å². The summed E-state index contributed by atoms with van der Waals surface area (Å²) in [6, 6.07) is 1.67. The standard InChI is InChI=1S/C14H27N3.C2H6/c1-4-16-6-5-13(7-12(16)2)17-10-14(11-17)8-15(3)9-14;1-2/h12-13H,4-11H2,1-3H3;1-2H3/t12-,13?;/m1./s1. The molecule has 0 amide bonds. The van der Waals surface area contributed by atoms with Crippen molar-refractivity contribution in [1.29, 1.82) is 0 Å². The molecule has 0 aliphatic carbocycles. The van der Waals surface area contributed by atoms with Crippen molar-refractivity contribution in [2.45, 2.75) is 52.6 Å². The number of hydrogen-bond acceptors (Lipinski definition) is 3. The van der Waals surface area contributed by atoms with E-state index in [1.54, 1.807) is 0 Å². The van der Waals surface area contributed by atoms with E-state index < -0.39 is 0 Å². The molecule has 3 aliphatic rings. The molecule has 3 saturated heterocycles. The van der Waals surface area contributed by atoms with Gasteiger partial charge in [0, 0.05) is 43.7 Å². The summed E-state index contributed by atoms with van der Waals surface area (Å²) in [5.74, 6) is 0. The highest BCUT2D eigenvalue weighted by Gasteiger charge is 2.52. The third-order valence-electron chi connectivity index (χ3n) is 5.20. The van der Waals surface area contributed by atoms with E-state index in [1.807, 2.05) is 13.8 Å². The molecular weight excluding hydrogens is 234 g/mol. The minimum Gasteiger partial charge on any atom is -0.305 e. The van der Waals surface area contributed by atoms with Gasteiger partial charge in [-0.1, -0.05) is 20.8 Å². The zero-order valence-electron chi connectivity index (χ0n) is 13.7. The van der Waals surface area contributed by atoms with E-state index in [2.05, 4.69) is 35.6 Å². The average Bonchev–Trinajstić information content (AvgIpc) is 2.34. The minimum atomic E-state index is 0.708. The smallest absolute Gasteiger partial charge is 0.0212 e. The lowest BCUT2D eigenvalue weighted by molar-refractivity contribution is -0.130. The van der Waals surface area contributed by atoms with Gasteiger partial charge in [-0.3, -0.25) is 4.90 Å². The quantitative estimate of drug-likeness (QED) is 0.759. The lowest BCUT2D eigenvalue weighted by Crippen LogP contribution is -2.73. The van der Waals surface area contributed by atoms with Crippen molar-refractivity contribution in [1.82, 2.24) is 14.7 Å². The van der Waals surface area contributed by atoms with Crippen LogP contribution in [0, 0.1) is 5.41 Å². The first-order valence-electron chi connectivity index (χ1n) is 8.28. The predicted octanol–water partition coefficient (Wildman–Crippen LogP) is 2.13. The first-order chi connectivity index (χ1) is 9.12. The molecule has 3 heterocycles. The van der Waals surface area contributed by atoms with Crippen LogP contribution >= 0.6 is 0 Å². The molecule has 3 aliphatic heterocycles. The highest BCUT2D eigenvalue weighted by atomic mass is 15.3. The van der Waals surface area contributed by atoms with Crippen LogP contribution in [0.3, 0.4) is 0 Å². The van der Waals surface area contributed by atoms with E-state index in [1.165, 1.54) is 52.1 Å². The van der Waals surface area contributed by atoms with Crippen LogP contribution in [0.2, 0.25) is 0 Å². The maximum absolute atomic E-state index is 2.76. The fourth-order valence-electron chi connectivity index (χ4n) is 4.37. The third-order valence-corrected chi connectivity index (χ3v) is 5.20. The summed E-state index contributed by atoms with van der Waals surface area (Å²) in [4.78, 5) is 7.85. The van der Waals surface area contributed by atoms with Gasteiger partial charge in [0.05, 0.1) is 0 Å².